The van der Waals surface area contributed by atoms with Gasteiger partial charge in [-0.15, -0.1) is 0 Å². The van der Waals surface area contributed by atoms with E-state index in [1.54, 1.807) is 17.2 Å². The van der Waals surface area contributed by atoms with Crippen molar-refractivity contribution < 1.29 is 32.6 Å². The van der Waals surface area contributed by atoms with E-state index in [2.05, 4.69) is 10.3 Å². The molecule has 2 heterocycles. The van der Waals surface area contributed by atoms with Crippen LogP contribution in [0, 0.1) is 17.3 Å². The maximum Gasteiger partial charge on any atom is 0.416 e. The predicted octanol–water partition coefficient (Wildman–Crippen LogP) is 5.91. The Labute approximate surface area is 251 Å². The van der Waals surface area contributed by atoms with Gasteiger partial charge in [0.15, 0.2) is 0 Å². The highest BCUT2D eigenvalue weighted by Crippen LogP contribution is 2.50. The molecule has 2 aliphatic rings. The number of aromatic nitrogens is 1. The zero-order valence-electron chi connectivity index (χ0n) is 25.7. The summed E-state index contributed by atoms with van der Waals surface area (Å²) >= 11 is 0. The maximum atomic E-state index is 14.4. The van der Waals surface area contributed by atoms with Crippen LogP contribution in [0.25, 0.3) is 0 Å². The number of nitrogens with one attached hydrogen (secondary N) is 1. The second-order valence-corrected chi connectivity index (χ2v) is 12.9. The van der Waals surface area contributed by atoms with Crippen LogP contribution in [-0.2, 0) is 22.3 Å². The fourth-order valence-electron chi connectivity index (χ4n) is 6.92. The first-order valence-electron chi connectivity index (χ1n) is 14.8. The minimum atomic E-state index is -4.52. The largest absolute Gasteiger partial charge is 0.496 e. The van der Waals surface area contributed by atoms with Crippen LogP contribution >= 0.6 is 0 Å². The van der Waals surface area contributed by atoms with Gasteiger partial charge in [0.1, 0.15) is 17.6 Å². The molecule has 0 radical (unpaired) electrons. The smallest absolute Gasteiger partial charge is 0.416 e. The van der Waals surface area contributed by atoms with Gasteiger partial charge in [0.05, 0.1) is 18.7 Å². The van der Waals surface area contributed by atoms with Crippen molar-refractivity contribution in [1.29, 1.82) is 0 Å². The molecule has 1 aromatic heterocycles. The number of rotatable bonds is 8. The van der Waals surface area contributed by atoms with Gasteiger partial charge in [-0.1, -0.05) is 52.2 Å². The summed E-state index contributed by atoms with van der Waals surface area (Å²) in [6, 6.07) is 4.63. The van der Waals surface area contributed by atoms with Gasteiger partial charge >= 0.3 is 12.1 Å². The van der Waals surface area contributed by atoms with E-state index in [9.17, 15) is 27.9 Å². The monoisotopic (exact) mass is 604 g/mol. The first-order chi connectivity index (χ1) is 20.2. The molecule has 236 valence electrons. The van der Waals surface area contributed by atoms with Crippen LogP contribution in [0.1, 0.15) is 75.6 Å². The molecular weight excluding hydrogens is 561 g/mol. The number of aliphatic carboxylic acids is 1. The molecule has 4 rings (SSSR count). The Bertz CT molecular complexity index is 1300. The molecule has 4 atom stereocenters. The summed E-state index contributed by atoms with van der Waals surface area (Å²) in [6.45, 7) is 5.98. The number of halogens is 3. The maximum absolute atomic E-state index is 14.4. The lowest BCUT2D eigenvalue weighted by molar-refractivity contribution is -0.154. The highest BCUT2D eigenvalue weighted by atomic mass is 19.4. The second-order valence-electron chi connectivity index (χ2n) is 12.9. The topological polar surface area (TPSA) is 95.0 Å². The Morgan fingerprint density at radius 2 is 1.79 bits per heavy atom. The van der Waals surface area contributed by atoms with Crippen molar-refractivity contribution in [3.63, 3.8) is 0 Å². The molecule has 1 aliphatic heterocycles. The van der Waals surface area contributed by atoms with Crippen LogP contribution in [0.4, 0.5) is 19.0 Å². The highest BCUT2D eigenvalue weighted by molar-refractivity contribution is 5.87. The van der Waals surface area contributed by atoms with E-state index in [4.69, 9.17) is 4.74 Å². The number of carbonyl (C=O) groups excluding carboxylic acids is 1. The molecule has 1 aromatic carbocycles. The van der Waals surface area contributed by atoms with Gasteiger partial charge < -0.3 is 25.0 Å². The average molecular weight is 605 g/mol. The summed E-state index contributed by atoms with van der Waals surface area (Å²) in [6.07, 6.45) is 1.44. The zero-order valence-corrected chi connectivity index (χ0v) is 25.7. The number of benzene rings is 1. The van der Waals surface area contributed by atoms with Crippen LogP contribution in [0.3, 0.4) is 0 Å². The van der Waals surface area contributed by atoms with Crippen LogP contribution < -0.4 is 15.0 Å². The molecule has 2 aromatic rings. The molecule has 2 fully saturated rings. The van der Waals surface area contributed by atoms with Crippen LogP contribution in [0.2, 0.25) is 0 Å². The molecule has 1 amide bonds. The lowest BCUT2D eigenvalue weighted by Crippen LogP contribution is -2.49. The van der Waals surface area contributed by atoms with Crippen molar-refractivity contribution in [1.82, 2.24) is 15.2 Å². The highest BCUT2D eigenvalue weighted by Gasteiger charge is 2.59. The molecule has 11 heteroatoms. The number of carbonyl (C=O) groups is 2. The first-order valence-corrected chi connectivity index (χ1v) is 14.8. The number of nitrogens with zero attached hydrogens (tertiary/aromatic N) is 3. The summed E-state index contributed by atoms with van der Waals surface area (Å²) in [7, 11) is 5.01. The van der Waals surface area contributed by atoms with E-state index in [0.29, 0.717) is 29.8 Å². The molecule has 2 N–H and O–H groups in total. The molecule has 1 aliphatic carbocycles. The number of likely N-dealkylation sites (tertiary alicyclic amines) is 1. The van der Waals surface area contributed by atoms with Gasteiger partial charge in [0.25, 0.3) is 0 Å². The lowest BCUT2D eigenvalue weighted by atomic mass is 9.72. The number of methoxy groups -OCH3 is 1. The molecule has 43 heavy (non-hydrogen) atoms. The summed E-state index contributed by atoms with van der Waals surface area (Å²) in [5, 5.41) is 14.2. The second kappa shape index (κ2) is 12.7. The van der Waals surface area contributed by atoms with Gasteiger partial charge in [0, 0.05) is 55.8 Å². The molecule has 8 nitrogen and oxygen atoms in total. The summed E-state index contributed by atoms with van der Waals surface area (Å²) in [5.74, 6) is -1.38. The Morgan fingerprint density at radius 3 is 2.35 bits per heavy atom. The number of anilines is 1. The van der Waals surface area contributed by atoms with Gasteiger partial charge in [-0.25, -0.2) is 9.78 Å². The summed E-state index contributed by atoms with van der Waals surface area (Å²) in [5.41, 5.74) is -0.178. The predicted molar refractivity (Wildman–Crippen MR) is 158 cm³/mol. The van der Waals surface area contributed by atoms with E-state index in [-0.39, 0.29) is 24.1 Å². The fourth-order valence-corrected chi connectivity index (χ4v) is 6.92. The van der Waals surface area contributed by atoms with Crippen molar-refractivity contribution in [3.8, 4) is 5.75 Å². The number of hydrogen-bond donors (Lipinski definition) is 2. The van der Waals surface area contributed by atoms with Gasteiger partial charge in [-0.3, -0.25) is 4.79 Å². The number of hydrogen-bond acceptors (Lipinski definition) is 6. The van der Waals surface area contributed by atoms with Gasteiger partial charge in [-0.2, -0.15) is 13.2 Å². The van der Waals surface area contributed by atoms with Crippen molar-refractivity contribution in [2.24, 2.45) is 17.3 Å². The molecule has 1 saturated carbocycles. The van der Waals surface area contributed by atoms with Crippen molar-refractivity contribution in [2.75, 3.05) is 26.1 Å². The SMILES string of the molecule is COc1cc(C(F)(F)F)ccc1CN[C@@H]1[C@@H](C(C)(C)C)[C@H](C(=O)O)N(C(=O)C2CCCCC2)[C@@H]1c1cccnc1N(C)C. The average Bonchev–Trinajstić information content (AvgIpc) is 3.31. The molecule has 0 unspecified atom stereocenters. The van der Waals surface area contributed by atoms with Gasteiger partial charge in [0.2, 0.25) is 5.91 Å². The summed E-state index contributed by atoms with van der Waals surface area (Å²) in [4.78, 5) is 35.5. The van der Waals surface area contributed by atoms with Crippen molar-refractivity contribution in [2.45, 2.75) is 83.7 Å². The van der Waals surface area contributed by atoms with E-state index < -0.39 is 47.2 Å². The summed E-state index contributed by atoms with van der Waals surface area (Å²) < 4.78 is 45.6. The fraction of sp³-hybridized carbons (Fsp3) is 0.594. The van der Waals surface area contributed by atoms with Crippen molar-refractivity contribution >= 4 is 17.7 Å². The quantitative estimate of drug-likeness (QED) is 0.387. The van der Waals surface area contributed by atoms with Gasteiger partial charge in [-0.05, 0) is 36.5 Å². The number of carboxylic acids is 1. The Hall–Kier alpha value is -3.34. The van der Waals surface area contributed by atoms with Crippen LogP contribution in [-0.4, -0.2) is 60.2 Å². The van der Waals surface area contributed by atoms with E-state index >= 15 is 0 Å². The third-order valence-electron chi connectivity index (χ3n) is 8.83. The number of alkyl halides is 3. The van der Waals surface area contributed by atoms with E-state index in [0.717, 1.165) is 31.4 Å². The number of ether oxygens (including phenoxy) is 1. The standard InChI is InChI=1S/C32H43F3N4O4/c1-31(2,3)24-25(37-18-20-14-15-21(32(33,34)35)17-23(20)43-6)26(22-13-10-16-36-28(22)38(4)5)39(27(24)30(41)42)29(40)19-11-8-7-9-12-19/h10,13-17,19,24-27,37H,7-9,11-12,18H2,1-6H3,(H,41,42)/t24-,25-,26-,27-/m1/s1. The molecule has 1 saturated heterocycles. The normalized spacial score (nSPS) is 23.3. The minimum Gasteiger partial charge on any atom is -0.496 e. The third kappa shape index (κ3) is 6.76. The van der Waals surface area contributed by atoms with Crippen LogP contribution in [0.5, 0.6) is 5.75 Å². The first kappa shape index (κ1) is 32.6. The Balaban J connectivity index is 1.86. The Kier molecular flexibility index (Phi) is 9.63. The lowest BCUT2D eigenvalue weighted by Gasteiger charge is -2.36. The molecular formula is C32H43F3N4O4. The van der Waals surface area contributed by atoms with Crippen molar-refractivity contribution in [3.05, 3.63) is 53.2 Å². The number of amides is 1. The third-order valence-corrected chi connectivity index (χ3v) is 8.83. The molecule has 0 bridgehead atoms. The number of carboxylic acid groups (broad SMARTS) is 1. The van der Waals surface area contributed by atoms with E-state index in [1.165, 1.54) is 13.2 Å². The minimum absolute atomic E-state index is 0.0736. The van der Waals surface area contributed by atoms with Crippen LogP contribution in [0.15, 0.2) is 36.5 Å². The number of pyridine rings is 1. The van der Waals surface area contributed by atoms with E-state index in [1.807, 2.05) is 45.8 Å². The molecule has 0 spiro atoms. The Morgan fingerprint density at radius 1 is 1.12 bits per heavy atom. The zero-order chi connectivity index (χ0) is 31.7.